The molecule has 2 fully saturated rings. The predicted octanol–water partition coefficient (Wildman–Crippen LogP) is 0.404. The van der Waals surface area contributed by atoms with E-state index in [1.807, 2.05) is 0 Å². The van der Waals surface area contributed by atoms with Crippen molar-refractivity contribution in [3.63, 3.8) is 0 Å². The first-order chi connectivity index (χ1) is 10.3. The van der Waals surface area contributed by atoms with Crippen LogP contribution in [0.2, 0.25) is 0 Å². The third-order valence-electron chi connectivity index (χ3n) is 4.09. The van der Waals surface area contributed by atoms with Gasteiger partial charge in [0.2, 0.25) is 5.91 Å². The van der Waals surface area contributed by atoms with Crippen molar-refractivity contribution in [3.8, 4) is 0 Å². The second kappa shape index (κ2) is 11.2. The quantitative estimate of drug-likeness (QED) is 0.629. The number of rotatable bonds is 8. The van der Waals surface area contributed by atoms with E-state index in [-0.39, 0.29) is 24.4 Å². The molecule has 0 aromatic carbocycles. The van der Waals surface area contributed by atoms with Gasteiger partial charge in [-0.2, -0.15) is 0 Å². The van der Waals surface area contributed by atoms with Crippen molar-refractivity contribution < 1.29 is 14.3 Å². The van der Waals surface area contributed by atoms with Crippen LogP contribution in [0, 0.1) is 0 Å². The molecule has 22 heavy (non-hydrogen) atoms. The van der Waals surface area contributed by atoms with Gasteiger partial charge in [-0.15, -0.1) is 12.4 Å². The maximum Gasteiger partial charge on any atom is 0.248 e. The average molecular weight is 336 g/mol. The van der Waals surface area contributed by atoms with Crippen LogP contribution in [0.3, 0.4) is 0 Å². The van der Waals surface area contributed by atoms with E-state index in [4.69, 9.17) is 9.47 Å². The fourth-order valence-electron chi connectivity index (χ4n) is 2.70. The van der Waals surface area contributed by atoms with Gasteiger partial charge in [0.05, 0.1) is 12.7 Å². The number of hydrogen-bond donors (Lipinski definition) is 2. The first kappa shape index (κ1) is 19.6. The summed E-state index contributed by atoms with van der Waals surface area (Å²) in [4.78, 5) is 14.3. The highest BCUT2D eigenvalue weighted by molar-refractivity contribution is 5.85. The van der Waals surface area contributed by atoms with Crippen molar-refractivity contribution in [1.29, 1.82) is 0 Å². The molecular weight excluding hydrogens is 306 g/mol. The van der Waals surface area contributed by atoms with E-state index in [1.165, 1.54) is 0 Å². The Balaban J connectivity index is 0.00000242. The molecule has 130 valence electrons. The SMILES string of the molecule is CC(OCC1CCCO1)C(=O)NCCCN1CCNCC1.Cl. The lowest BCUT2D eigenvalue weighted by molar-refractivity contribution is -0.133. The number of carbonyl (C=O) groups is 1. The Morgan fingerprint density at radius 2 is 2.23 bits per heavy atom. The molecule has 7 heteroatoms. The van der Waals surface area contributed by atoms with Crippen molar-refractivity contribution in [1.82, 2.24) is 15.5 Å². The monoisotopic (exact) mass is 335 g/mol. The molecule has 1 amide bonds. The van der Waals surface area contributed by atoms with Crippen molar-refractivity contribution in [2.45, 2.75) is 38.4 Å². The molecular formula is C15H30ClN3O3. The van der Waals surface area contributed by atoms with Crippen LogP contribution in [0.5, 0.6) is 0 Å². The van der Waals surface area contributed by atoms with E-state index in [1.54, 1.807) is 6.92 Å². The van der Waals surface area contributed by atoms with Gasteiger partial charge in [-0.05, 0) is 32.7 Å². The minimum Gasteiger partial charge on any atom is -0.376 e. The van der Waals surface area contributed by atoms with Crippen LogP contribution in [-0.2, 0) is 14.3 Å². The van der Waals surface area contributed by atoms with Gasteiger partial charge in [0, 0.05) is 39.3 Å². The van der Waals surface area contributed by atoms with Gasteiger partial charge in [0.1, 0.15) is 6.10 Å². The van der Waals surface area contributed by atoms with E-state index in [0.717, 1.165) is 65.1 Å². The number of nitrogens with zero attached hydrogens (tertiary/aromatic N) is 1. The van der Waals surface area contributed by atoms with Gasteiger partial charge in [0.25, 0.3) is 0 Å². The highest BCUT2D eigenvalue weighted by atomic mass is 35.5. The van der Waals surface area contributed by atoms with Gasteiger partial charge in [-0.25, -0.2) is 0 Å². The minimum absolute atomic E-state index is 0. The molecule has 2 aliphatic rings. The summed E-state index contributed by atoms with van der Waals surface area (Å²) in [5, 5.41) is 6.29. The molecule has 0 spiro atoms. The van der Waals surface area contributed by atoms with Gasteiger partial charge in [-0.3, -0.25) is 4.79 Å². The van der Waals surface area contributed by atoms with Crippen molar-refractivity contribution >= 4 is 18.3 Å². The van der Waals surface area contributed by atoms with Gasteiger partial charge in [-0.1, -0.05) is 0 Å². The molecule has 6 nitrogen and oxygen atoms in total. The molecule has 0 bridgehead atoms. The summed E-state index contributed by atoms with van der Waals surface area (Å²) in [6.45, 7) is 9.27. The van der Waals surface area contributed by atoms with Crippen molar-refractivity contribution in [2.24, 2.45) is 0 Å². The predicted molar refractivity (Wildman–Crippen MR) is 88.6 cm³/mol. The normalized spacial score (nSPS) is 23.8. The number of nitrogens with one attached hydrogen (secondary N) is 2. The second-order valence-corrected chi connectivity index (χ2v) is 5.85. The fourth-order valence-corrected chi connectivity index (χ4v) is 2.70. The van der Waals surface area contributed by atoms with Crippen molar-refractivity contribution in [2.75, 3.05) is 52.5 Å². The fraction of sp³-hybridized carbons (Fsp3) is 0.933. The number of amides is 1. The third kappa shape index (κ3) is 7.24. The highest BCUT2D eigenvalue weighted by Crippen LogP contribution is 2.12. The number of ether oxygens (including phenoxy) is 2. The first-order valence-corrected chi connectivity index (χ1v) is 8.19. The highest BCUT2D eigenvalue weighted by Gasteiger charge is 2.19. The Bertz CT molecular complexity index is 308. The van der Waals surface area contributed by atoms with Crippen LogP contribution in [0.25, 0.3) is 0 Å². The second-order valence-electron chi connectivity index (χ2n) is 5.85. The molecule has 0 aromatic heterocycles. The largest absolute Gasteiger partial charge is 0.376 e. The minimum atomic E-state index is -0.395. The zero-order valence-electron chi connectivity index (χ0n) is 13.5. The molecule has 0 aromatic rings. The van der Waals surface area contributed by atoms with Crippen molar-refractivity contribution in [3.05, 3.63) is 0 Å². The molecule has 2 atom stereocenters. The summed E-state index contributed by atoms with van der Waals surface area (Å²) in [6.07, 6.45) is 2.91. The van der Waals surface area contributed by atoms with E-state index in [2.05, 4.69) is 15.5 Å². The molecule has 2 unspecified atom stereocenters. The molecule has 2 rings (SSSR count). The number of halogens is 1. The lowest BCUT2D eigenvalue weighted by Gasteiger charge is -2.27. The lowest BCUT2D eigenvalue weighted by atomic mass is 10.2. The zero-order chi connectivity index (χ0) is 14.9. The standard InChI is InChI=1S/C15H29N3O3.ClH/c1-13(21-12-14-4-2-11-20-14)15(19)17-5-3-8-18-9-6-16-7-10-18;/h13-14,16H,2-12H2,1H3,(H,17,19);1H. The topological polar surface area (TPSA) is 62.8 Å². The Hall–Kier alpha value is -0.400. The summed E-state index contributed by atoms with van der Waals surface area (Å²) in [5.74, 6) is -0.0201. The average Bonchev–Trinajstić information content (AvgIpc) is 3.03. The summed E-state index contributed by atoms with van der Waals surface area (Å²) in [6, 6.07) is 0. The van der Waals surface area contributed by atoms with Crippen LogP contribution < -0.4 is 10.6 Å². The van der Waals surface area contributed by atoms with Crippen LogP contribution in [0.15, 0.2) is 0 Å². The molecule has 2 heterocycles. The molecule has 0 radical (unpaired) electrons. The Labute approximate surface area is 139 Å². The first-order valence-electron chi connectivity index (χ1n) is 8.19. The van der Waals surface area contributed by atoms with Crippen LogP contribution in [0.1, 0.15) is 26.2 Å². The summed E-state index contributed by atoms with van der Waals surface area (Å²) in [7, 11) is 0. The van der Waals surface area contributed by atoms with Gasteiger partial charge >= 0.3 is 0 Å². The maximum atomic E-state index is 11.9. The summed E-state index contributed by atoms with van der Waals surface area (Å²) < 4.78 is 11.1. The van der Waals surface area contributed by atoms with E-state index in [9.17, 15) is 4.79 Å². The zero-order valence-corrected chi connectivity index (χ0v) is 14.3. The third-order valence-corrected chi connectivity index (χ3v) is 4.09. The van der Waals surface area contributed by atoms with Gasteiger partial charge < -0.3 is 25.0 Å². The molecule has 2 N–H and O–H groups in total. The smallest absolute Gasteiger partial charge is 0.248 e. The number of carbonyl (C=O) groups excluding carboxylic acids is 1. The number of hydrogen-bond acceptors (Lipinski definition) is 5. The Morgan fingerprint density at radius 1 is 1.45 bits per heavy atom. The molecule has 2 saturated heterocycles. The Kier molecular flexibility index (Phi) is 9.99. The van der Waals surface area contributed by atoms with Crippen LogP contribution >= 0.6 is 12.4 Å². The Morgan fingerprint density at radius 3 is 2.91 bits per heavy atom. The summed E-state index contributed by atoms with van der Waals surface area (Å²) in [5.41, 5.74) is 0. The lowest BCUT2D eigenvalue weighted by Crippen LogP contribution is -2.44. The van der Waals surface area contributed by atoms with Crippen LogP contribution in [0.4, 0.5) is 0 Å². The van der Waals surface area contributed by atoms with E-state index in [0.29, 0.717) is 6.61 Å². The van der Waals surface area contributed by atoms with E-state index < -0.39 is 6.10 Å². The van der Waals surface area contributed by atoms with Crippen LogP contribution in [-0.4, -0.2) is 75.5 Å². The molecule has 0 saturated carbocycles. The summed E-state index contributed by atoms with van der Waals surface area (Å²) >= 11 is 0. The van der Waals surface area contributed by atoms with E-state index >= 15 is 0 Å². The number of piperazine rings is 1. The molecule has 0 aliphatic carbocycles. The maximum absolute atomic E-state index is 11.9. The van der Waals surface area contributed by atoms with Gasteiger partial charge in [0.15, 0.2) is 0 Å². The molecule has 2 aliphatic heterocycles.